The Bertz CT molecular complexity index is 943. The minimum absolute atomic E-state index is 0.0317. The highest BCUT2D eigenvalue weighted by atomic mass is 19.1. The average molecular weight is 374 g/mol. The van der Waals surface area contributed by atoms with Crippen molar-refractivity contribution >= 4 is 5.78 Å². The van der Waals surface area contributed by atoms with E-state index in [9.17, 15) is 9.18 Å². The van der Waals surface area contributed by atoms with Gasteiger partial charge in [-0.1, -0.05) is 48.5 Å². The molecule has 28 heavy (non-hydrogen) atoms. The normalized spacial score (nSPS) is 17.4. The van der Waals surface area contributed by atoms with E-state index in [0.717, 1.165) is 37.2 Å². The van der Waals surface area contributed by atoms with E-state index >= 15 is 0 Å². The molecule has 1 fully saturated rings. The van der Waals surface area contributed by atoms with Gasteiger partial charge in [-0.05, 0) is 43.1 Å². The van der Waals surface area contributed by atoms with E-state index in [1.54, 1.807) is 18.3 Å². The lowest BCUT2D eigenvalue weighted by molar-refractivity contribution is 0.0809. The second kappa shape index (κ2) is 8.44. The highest BCUT2D eigenvalue weighted by Gasteiger charge is 2.27. The molecule has 1 unspecified atom stereocenters. The Kier molecular flexibility index (Phi) is 5.58. The van der Waals surface area contributed by atoms with Crippen LogP contribution in [-0.4, -0.2) is 28.8 Å². The summed E-state index contributed by atoms with van der Waals surface area (Å²) < 4.78 is 14.7. The molecule has 0 radical (unpaired) electrons. The van der Waals surface area contributed by atoms with Crippen LogP contribution in [0.3, 0.4) is 0 Å². The van der Waals surface area contributed by atoms with E-state index in [1.807, 2.05) is 48.5 Å². The van der Waals surface area contributed by atoms with Gasteiger partial charge in [-0.25, -0.2) is 4.39 Å². The molecule has 3 nitrogen and oxygen atoms in total. The molecule has 1 atom stereocenters. The molecule has 2 aromatic carbocycles. The van der Waals surface area contributed by atoms with Crippen LogP contribution in [0, 0.1) is 11.7 Å². The molecule has 142 valence electrons. The van der Waals surface area contributed by atoms with Crippen LogP contribution in [0.2, 0.25) is 0 Å². The molecule has 0 amide bonds. The van der Waals surface area contributed by atoms with Crippen LogP contribution in [0.4, 0.5) is 4.39 Å². The fourth-order valence-corrected chi connectivity index (χ4v) is 3.89. The molecular weight excluding hydrogens is 351 g/mol. The maximum atomic E-state index is 14.7. The number of ketones is 1. The summed E-state index contributed by atoms with van der Waals surface area (Å²) >= 11 is 0. The van der Waals surface area contributed by atoms with Gasteiger partial charge >= 0.3 is 0 Å². The average Bonchev–Trinajstić information content (AvgIpc) is 2.75. The van der Waals surface area contributed by atoms with Crippen LogP contribution in [0.1, 0.15) is 28.9 Å². The molecule has 0 aliphatic carbocycles. The second-order valence-corrected chi connectivity index (χ2v) is 7.32. The smallest absolute Gasteiger partial charge is 0.167 e. The van der Waals surface area contributed by atoms with Gasteiger partial charge in [0.2, 0.25) is 0 Å². The molecule has 1 aliphatic heterocycles. The molecule has 1 saturated heterocycles. The van der Waals surface area contributed by atoms with Crippen LogP contribution in [0.25, 0.3) is 11.1 Å². The van der Waals surface area contributed by atoms with E-state index in [2.05, 4.69) is 9.88 Å². The van der Waals surface area contributed by atoms with Crippen molar-refractivity contribution in [1.29, 1.82) is 0 Å². The Morgan fingerprint density at radius 1 is 1.07 bits per heavy atom. The van der Waals surface area contributed by atoms with E-state index < -0.39 is 0 Å². The Hall–Kier alpha value is -2.85. The van der Waals surface area contributed by atoms with Crippen molar-refractivity contribution in [2.45, 2.75) is 19.4 Å². The number of Topliss-reactive ketones (excluding diaryl/α,β-unsaturated/α-hetero) is 1. The predicted octanol–water partition coefficient (Wildman–Crippen LogP) is 4.98. The summed E-state index contributed by atoms with van der Waals surface area (Å²) in [5.74, 6) is -0.415. The van der Waals surface area contributed by atoms with Gasteiger partial charge < -0.3 is 0 Å². The molecule has 1 aliphatic rings. The van der Waals surface area contributed by atoms with Crippen molar-refractivity contribution < 1.29 is 9.18 Å². The lowest BCUT2D eigenvalue weighted by Gasteiger charge is -2.31. The summed E-state index contributed by atoms with van der Waals surface area (Å²) in [4.78, 5) is 19.6. The quantitative estimate of drug-likeness (QED) is 0.591. The third kappa shape index (κ3) is 4.18. The van der Waals surface area contributed by atoms with E-state index in [1.165, 1.54) is 6.07 Å². The number of carbonyl (C=O) groups is 1. The Morgan fingerprint density at radius 3 is 2.64 bits per heavy atom. The number of rotatable bonds is 5. The second-order valence-electron chi connectivity index (χ2n) is 7.32. The number of nitrogens with zero attached hydrogens (tertiary/aromatic N) is 2. The van der Waals surface area contributed by atoms with E-state index in [-0.39, 0.29) is 17.5 Å². The number of likely N-dealkylation sites (tertiary alicyclic amines) is 1. The molecule has 3 aromatic rings. The van der Waals surface area contributed by atoms with Crippen molar-refractivity contribution in [1.82, 2.24) is 9.88 Å². The maximum absolute atomic E-state index is 14.7. The summed E-state index contributed by atoms with van der Waals surface area (Å²) in [6.07, 6.45) is 3.60. The third-order valence-corrected chi connectivity index (χ3v) is 5.33. The summed E-state index contributed by atoms with van der Waals surface area (Å²) in [5.41, 5.74) is 2.81. The maximum Gasteiger partial charge on any atom is 0.167 e. The molecule has 4 rings (SSSR count). The van der Waals surface area contributed by atoms with Crippen molar-refractivity contribution in [3.8, 4) is 11.1 Å². The van der Waals surface area contributed by atoms with Crippen LogP contribution < -0.4 is 0 Å². The van der Waals surface area contributed by atoms with Gasteiger partial charge in [0.1, 0.15) is 5.82 Å². The first-order valence-corrected chi connectivity index (χ1v) is 9.72. The topological polar surface area (TPSA) is 33.2 Å². The zero-order valence-corrected chi connectivity index (χ0v) is 15.7. The minimum Gasteiger partial charge on any atom is -0.297 e. The van der Waals surface area contributed by atoms with Crippen molar-refractivity contribution in [3.05, 3.63) is 90.0 Å². The molecule has 1 aromatic heterocycles. The molecule has 0 spiro atoms. The van der Waals surface area contributed by atoms with Crippen molar-refractivity contribution in [2.24, 2.45) is 5.92 Å². The molecular formula is C24H23FN2O. The standard InChI is InChI=1S/C24H23FN2O/c25-23-15-19(11-12-22(23)18-7-2-1-3-8-18)24(28)20-9-6-14-27(16-20)17-21-10-4-5-13-26-21/h1-5,7-8,10-13,15,20H,6,9,14,16-17H2. The molecule has 0 saturated carbocycles. The number of carbonyl (C=O) groups excluding carboxylic acids is 1. The first-order valence-electron chi connectivity index (χ1n) is 9.72. The summed E-state index contributed by atoms with van der Waals surface area (Å²) in [6, 6.07) is 20.2. The monoisotopic (exact) mass is 374 g/mol. The minimum atomic E-state index is -0.349. The fourth-order valence-electron chi connectivity index (χ4n) is 3.89. The zero-order valence-electron chi connectivity index (χ0n) is 15.7. The summed E-state index contributed by atoms with van der Waals surface area (Å²) in [7, 11) is 0. The number of aromatic nitrogens is 1. The van der Waals surface area contributed by atoms with Gasteiger partial charge in [-0.2, -0.15) is 0 Å². The first kappa shape index (κ1) is 18.5. The largest absolute Gasteiger partial charge is 0.297 e. The van der Waals surface area contributed by atoms with E-state index in [4.69, 9.17) is 0 Å². The highest BCUT2D eigenvalue weighted by molar-refractivity contribution is 5.98. The number of benzene rings is 2. The van der Waals surface area contributed by atoms with Crippen LogP contribution in [0.15, 0.2) is 72.9 Å². The van der Waals surface area contributed by atoms with Crippen molar-refractivity contribution in [3.63, 3.8) is 0 Å². The third-order valence-electron chi connectivity index (χ3n) is 5.33. The van der Waals surface area contributed by atoms with Gasteiger partial charge in [0.05, 0.1) is 5.69 Å². The van der Waals surface area contributed by atoms with Gasteiger partial charge in [0.25, 0.3) is 0 Å². The van der Waals surface area contributed by atoms with Gasteiger partial charge in [0.15, 0.2) is 5.78 Å². The van der Waals surface area contributed by atoms with Crippen molar-refractivity contribution in [2.75, 3.05) is 13.1 Å². The summed E-state index contributed by atoms with van der Waals surface area (Å²) in [5, 5.41) is 0. The molecule has 0 N–H and O–H groups in total. The Morgan fingerprint density at radius 2 is 1.89 bits per heavy atom. The Balaban J connectivity index is 1.47. The fraction of sp³-hybridized carbons (Fsp3) is 0.250. The highest BCUT2D eigenvalue weighted by Crippen LogP contribution is 2.26. The number of pyridine rings is 1. The Labute approximate surface area is 164 Å². The van der Waals surface area contributed by atoms with Crippen LogP contribution in [-0.2, 0) is 6.54 Å². The lowest BCUT2D eigenvalue weighted by atomic mass is 9.89. The van der Waals surface area contributed by atoms with Gasteiger partial charge in [-0.3, -0.25) is 14.7 Å². The zero-order chi connectivity index (χ0) is 19.3. The van der Waals surface area contributed by atoms with E-state index in [0.29, 0.717) is 17.7 Å². The number of piperidine rings is 1. The first-order chi connectivity index (χ1) is 13.7. The number of halogens is 1. The molecule has 2 heterocycles. The van der Waals surface area contributed by atoms with Crippen LogP contribution in [0.5, 0.6) is 0 Å². The number of hydrogen-bond donors (Lipinski definition) is 0. The lowest BCUT2D eigenvalue weighted by Crippen LogP contribution is -2.38. The number of hydrogen-bond acceptors (Lipinski definition) is 3. The van der Waals surface area contributed by atoms with Gasteiger partial charge in [0, 0.05) is 36.3 Å². The SMILES string of the molecule is O=C(c1ccc(-c2ccccc2)c(F)c1)C1CCCN(Cc2ccccn2)C1. The predicted molar refractivity (Wildman–Crippen MR) is 108 cm³/mol. The molecule has 0 bridgehead atoms. The van der Waals surface area contributed by atoms with Gasteiger partial charge in [-0.15, -0.1) is 0 Å². The summed E-state index contributed by atoms with van der Waals surface area (Å²) in [6.45, 7) is 2.39. The molecule has 4 heteroatoms. The van der Waals surface area contributed by atoms with Crippen LogP contribution >= 0.6 is 0 Å².